The number of amides is 1. The van der Waals surface area contributed by atoms with Gasteiger partial charge < -0.3 is 14.4 Å². The summed E-state index contributed by atoms with van der Waals surface area (Å²) in [6, 6.07) is 10.4. The standard InChI is InChI=1S/C19H23N3O2/c1-13(18-14(2)21-24-15(18)3)19(23)20-10-6-11-22-12-9-16-7-4-5-8-17(16)22/h4-5,7-9,12-13H,6,10-11H2,1-3H3,(H,20,23)/t13-/m1/s1. The van der Waals surface area contributed by atoms with E-state index in [9.17, 15) is 4.79 Å². The lowest BCUT2D eigenvalue weighted by Crippen LogP contribution is -2.29. The number of rotatable bonds is 6. The van der Waals surface area contributed by atoms with E-state index in [2.05, 4.69) is 39.4 Å². The Kier molecular flexibility index (Phi) is 4.69. The number of para-hydroxylation sites is 1. The quantitative estimate of drug-likeness (QED) is 0.705. The fourth-order valence-corrected chi connectivity index (χ4v) is 3.19. The Morgan fingerprint density at radius 1 is 1.29 bits per heavy atom. The first-order valence-electron chi connectivity index (χ1n) is 8.32. The smallest absolute Gasteiger partial charge is 0.227 e. The van der Waals surface area contributed by atoms with E-state index in [4.69, 9.17) is 4.52 Å². The van der Waals surface area contributed by atoms with Crippen molar-refractivity contribution in [2.45, 2.75) is 39.7 Å². The number of nitrogens with zero attached hydrogens (tertiary/aromatic N) is 2. The van der Waals surface area contributed by atoms with Crippen molar-refractivity contribution >= 4 is 16.8 Å². The molecule has 0 aliphatic heterocycles. The van der Waals surface area contributed by atoms with Gasteiger partial charge in [-0.3, -0.25) is 4.79 Å². The highest BCUT2D eigenvalue weighted by atomic mass is 16.5. The van der Waals surface area contributed by atoms with Crippen LogP contribution >= 0.6 is 0 Å². The van der Waals surface area contributed by atoms with Crippen molar-refractivity contribution in [1.29, 1.82) is 0 Å². The van der Waals surface area contributed by atoms with Crippen LogP contribution in [0.1, 0.15) is 36.3 Å². The molecule has 126 valence electrons. The molecule has 0 aliphatic carbocycles. The van der Waals surface area contributed by atoms with Gasteiger partial charge >= 0.3 is 0 Å². The third kappa shape index (κ3) is 3.20. The number of hydrogen-bond acceptors (Lipinski definition) is 3. The molecule has 3 aromatic rings. The summed E-state index contributed by atoms with van der Waals surface area (Å²) in [5.41, 5.74) is 2.91. The van der Waals surface area contributed by atoms with E-state index in [0.717, 1.165) is 24.2 Å². The molecule has 0 fully saturated rings. The Hall–Kier alpha value is -2.56. The summed E-state index contributed by atoms with van der Waals surface area (Å²) in [6.07, 6.45) is 2.98. The summed E-state index contributed by atoms with van der Waals surface area (Å²) in [5, 5.41) is 8.18. The number of nitrogens with one attached hydrogen (secondary N) is 1. The average molecular weight is 325 g/mol. The maximum atomic E-state index is 12.3. The summed E-state index contributed by atoms with van der Waals surface area (Å²) in [5.74, 6) is 0.486. The minimum Gasteiger partial charge on any atom is -0.361 e. The molecule has 1 N–H and O–H groups in total. The molecule has 0 aliphatic rings. The predicted octanol–water partition coefficient (Wildman–Crippen LogP) is 3.56. The van der Waals surface area contributed by atoms with Crippen LogP contribution in [0.25, 0.3) is 10.9 Å². The van der Waals surface area contributed by atoms with Crippen molar-refractivity contribution in [2.75, 3.05) is 6.54 Å². The van der Waals surface area contributed by atoms with Crippen LogP contribution in [0.5, 0.6) is 0 Å². The van der Waals surface area contributed by atoms with Gasteiger partial charge in [-0.05, 0) is 44.7 Å². The van der Waals surface area contributed by atoms with Crippen LogP contribution in [0.15, 0.2) is 41.1 Å². The van der Waals surface area contributed by atoms with Gasteiger partial charge in [0.05, 0.1) is 11.6 Å². The largest absolute Gasteiger partial charge is 0.361 e. The number of carbonyl (C=O) groups is 1. The molecular weight excluding hydrogens is 302 g/mol. The number of carbonyl (C=O) groups excluding carboxylic acids is 1. The minimum atomic E-state index is -0.247. The number of aryl methyl sites for hydroxylation is 3. The van der Waals surface area contributed by atoms with Gasteiger partial charge in [0.1, 0.15) is 5.76 Å². The van der Waals surface area contributed by atoms with Crippen molar-refractivity contribution in [2.24, 2.45) is 0 Å². The van der Waals surface area contributed by atoms with Gasteiger partial charge in [0, 0.05) is 30.4 Å². The highest BCUT2D eigenvalue weighted by Crippen LogP contribution is 2.23. The monoisotopic (exact) mass is 325 g/mol. The van der Waals surface area contributed by atoms with Crippen LogP contribution in [0, 0.1) is 13.8 Å². The van der Waals surface area contributed by atoms with Crippen molar-refractivity contribution < 1.29 is 9.32 Å². The zero-order valence-electron chi connectivity index (χ0n) is 14.4. The Labute approximate surface area is 141 Å². The summed E-state index contributed by atoms with van der Waals surface area (Å²) in [6.45, 7) is 7.14. The van der Waals surface area contributed by atoms with Crippen LogP contribution in [-0.4, -0.2) is 22.2 Å². The fraction of sp³-hybridized carbons (Fsp3) is 0.368. The summed E-state index contributed by atoms with van der Waals surface area (Å²) >= 11 is 0. The Morgan fingerprint density at radius 2 is 2.08 bits per heavy atom. The third-order valence-electron chi connectivity index (χ3n) is 4.47. The Morgan fingerprint density at radius 3 is 2.83 bits per heavy atom. The van der Waals surface area contributed by atoms with Crippen LogP contribution in [0.4, 0.5) is 0 Å². The second-order valence-corrected chi connectivity index (χ2v) is 6.17. The highest BCUT2D eigenvalue weighted by molar-refractivity contribution is 5.83. The van der Waals surface area contributed by atoms with Gasteiger partial charge in [0.25, 0.3) is 0 Å². The molecule has 0 radical (unpaired) electrons. The molecule has 5 heteroatoms. The molecule has 0 bridgehead atoms. The van der Waals surface area contributed by atoms with Crippen molar-refractivity contribution in [3.63, 3.8) is 0 Å². The average Bonchev–Trinajstić information content (AvgIpc) is 3.14. The number of benzene rings is 1. The van der Waals surface area contributed by atoms with E-state index >= 15 is 0 Å². The zero-order chi connectivity index (χ0) is 17.1. The molecule has 0 saturated heterocycles. The lowest BCUT2D eigenvalue weighted by Gasteiger charge is -2.12. The van der Waals surface area contributed by atoms with Gasteiger partial charge in [0.15, 0.2) is 0 Å². The van der Waals surface area contributed by atoms with Crippen molar-refractivity contribution in [3.05, 3.63) is 53.5 Å². The van der Waals surface area contributed by atoms with Crippen molar-refractivity contribution in [3.8, 4) is 0 Å². The Bertz CT molecular complexity index is 828. The summed E-state index contributed by atoms with van der Waals surface area (Å²) < 4.78 is 7.37. The SMILES string of the molecule is Cc1noc(C)c1[C@@H](C)C(=O)NCCCn1ccc2ccccc21. The van der Waals surface area contributed by atoms with Crippen LogP contribution in [0.3, 0.4) is 0 Å². The molecule has 3 rings (SSSR count). The summed E-state index contributed by atoms with van der Waals surface area (Å²) in [7, 11) is 0. The molecule has 0 spiro atoms. The van der Waals surface area contributed by atoms with Crippen molar-refractivity contribution in [1.82, 2.24) is 15.0 Å². The third-order valence-corrected chi connectivity index (χ3v) is 4.47. The van der Waals surface area contributed by atoms with E-state index in [1.807, 2.05) is 32.9 Å². The maximum Gasteiger partial charge on any atom is 0.227 e. The first-order chi connectivity index (χ1) is 11.6. The van der Waals surface area contributed by atoms with E-state index in [0.29, 0.717) is 12.3 Å². The lowest BCUT2D eigenvalue weighted by atomic mass is 9.99. The molecule has 0 saturated carbocycles. The number of fused-ring (bicyclic) bond motifs is 1. The molecule has 2 heterocycles. The molecule has 24 heavy (non-hydrogen) atoms. The summed E-state index contributed by atoms with van der Waals surface area (Å²) in [4.78, 5) is 12.3. The zero-order valence-corrected chi connectivity index (χ0v) is 14.4. The molecule has 0 unspecified atom stereocenters. The van der Waals surface area contributed by atoms with Gasteiger partial charge in [0.2, 0.25) is 5.91 Å². The topological polar surface area (TPSA) is 60.1 Å². The van der Waals surface area contributed by atoms with E-state index in [1.54, 1.807) is 0 Å². The van der Waals surface area contributed by atoms with Gasteiger partial charge in [-0.2, -0.15) is 0 Å². The molecule has 1 aromatic carbocycles. The van der Waals surface area contributed by atoms with Gasteiger partial charge in [-0.25, -0.2) is 0 Å². The van der Waals surface area contributed by atoms with E-state index < -0.39 is 0 Å². The minimum absolute atomic E-state index is 0.0155. The molecule has 2 aromatic heterocycles. The first kappa shape index (κ1) is 16.3. The highest BCUT2D eigenvalue weighted by Gasteiger charge is 2.22. The maximum absolute atomic E-state index is 12.3. The molecule has 5 nitrogen and oxygen atoms in total. The normalized spacial score (nSPS) is 12.5. The van der Waals surface area contributed by atoms with Gasteiger partial charge in [-0.1, -0.05) is 23.4 Å². The molecular formula is C19H23N3O2. The second kappa shape index (κ2) is 6.91. The van der Waals surface area contributed by atoms with Crippen LogP contribution < -0.4 is 5.32 Å². The second-order valence-electron chi connectivity index (χ2n) is 6.17. The number of aromatic nitrogens is 2. The van der Waals surface area contributed by atoms with Gasteiger partial charge in [-0.15, -0.1) is 0 Å². The van der Waals surface area contributed by atoms with E-state index in [1.165, 1.54) is 10.9 Å². The predicted molar refractivity (Wildman–Crippen MR) is 94.0 cm³/mol. The Balaban J connectivity index is 1.52. The molecule has 1 amide bonds. The molecule has 1 atom stereocenters. The first-order valence-corrected chi connectivity index (χ1v) is 8.32. The van der Waals surface area contributed by atoms with Crippen LogP contribution in [0.2, 0.25) is 0 Å². The van der Waals surface area contributed by atoms with Crippen LogP contribution in [-0.2, 0) is 11.3 Å². The van der Waals surface area contributed by atoms with E-state index in [-0.39, 0.29) is 11.8 Å². The fourth-order valence-electron chi connectivity index (χ4n) is 3.19. The number of hydrogen-bond donors (Lipinski definition) is 1. The lowest BCUT2D eigenvalue weighted by molar-refractivity contribution is -0.122.